The van der Waals surface area contributed by atoms with Gasteiger partial charge in [0, 0.05) is 29.2 Å². The van der Waals surface area contributed by atoms with Crippen molar-refractivity contribution in [1.29, 1.82) is 0 Å². The van der Waals surface area contributed by atoms with E-state index >= 15 is 0 Å². The quantitative estimate of drug-likeness (QED) is 0.780. The minimum absolute atomic E-state index is 0.00627. The highest BCUT2D eigenvalue weighted by Crippen LogP contribution is 2.13. The van der Waals surface area contributed by atoms with Crippen LogP contribution in [-0.4, -0.2) is 10.4 Å². The van der Waals surface area contributed by atoms with Gasteiger partial charge >= 0.3 is 0 Å². The van der Waals surface area contributed by atoms with Gasteiger partial charge < -0.3 is 4.57 Å². The zero-order chi connectivity index (χ0) is 13.8. The standard InChI is InChI=1S/C14H14BrNO2S/c1-10-8-11(15)9-16(14(10)18)6-2-4-12(17)13-5-3-7-19-13/h3,5,7-9H,2,4,6H2,1H3. The summed E-state index contributed by atoms with van der Waals surface area (Å²) in [5, 5.41) is 1.90. The maximum atomic E-state index is 11.9. The lowest BCUT2D eigenvalue weighted by Gasteiger charge is -2.07. The average Bonchev–Trinajstić information content (AvgIpc) is 2.88. The first-order valence-electron chi connectivity index (χ1n) is 6.01. The largest absolute Gasteiger partial charge is 0.314 e. The summed E-state index contributed by atoms with van der Waals surface area (Å²) in [5.74, 6) is 0.148. The number of hydrogen-bond acceptors (Lipinski definition) is 3. The molecule has 2 aromatic rings. The van der Waals surface area contributed by atoms with Crippen LogP contribution in [0.5, 0.6) is 0 Å². The Bertz CT molecular complexity index is 631. The molecule has 0 fully saturated rings. The van der Waals surface area contributed by atoms with Crippen LogP contribution >= 0.6 is 27.3 Å². The van der Waals surface area contributed by atoms with Crippen molar-refractivity contribution in [3.8, 4) is 0 Å². The summed E-state index contributed by atoms with van der Waals surface area (Å²) in [7, 11) is 0. The van der Waals surface area contributed by atoms with Gasteiger partial charge in [-0.05, 0) is 46.8 Å². The maximum Gasteiger partial charge on any atom is 0.253 e. The third-order valence-corrected chi connectivity index (χ3v) is 4.18. The molecular formula is C14H14BrNO2S. The van der Waals surface area contributed by atoms with Crippen LogP contribution in [0.2, 0.25) is 0 Å². The number of halogens is 1. The zero-order valence-corrected chi connectivity index (χ0v) is 13.0. The van der Waals surface area contributed by atoms with Crippen molar-refractivity contribution in [3.05, 3.63) is 55.0 Å². The second-order valence-electron chi connectivity index (χ2n) is 4.34. The molecule has 2 heterocycles. The number of aromatic nitrogens is 1. The van der Waals surface area contributed by atoms with Gasteiger partial charge in [-0.2, -0.15) is 0 Å². The summed E-state index contributed by atoms with van der Waals surface area (Å²) >= 11 is 4.83. The van der Waals surface area contributed by atoms with Crippen LogP contribution in [0.15, 0.2) is 39.0 Å². The fourth-order valence-electron chi connectivity index (χ4n) is 1.88. The molecule has 5 heteroatoms. The Labute approximate surface area is 124 Å². The molecule has 19 heavy (non-hydrogen) atoms. The molecule has 0 unspecified atom stereocenters. The van der Waals surface area contributed by atoms with Crippen molar-refractivity contribution in [2.24, 2.45) is 0 Å². The van der Waals surface area contributed by atoms with Crippen molar-refractivity contribution < 1.29 is 4.79 Å². The summed E-state index contributed by atoms with van der Waals surface area (Å²) in [6.45, 7) is 2.36. The van der Waals surface area contributed by atoms with E-state index in [-0.39, 0.29) is 11.3 Å². The van der Waals surface area contributed by atoms with Crippen LogP contribution in [-0.2, 0) is 6.54 Å². The molecule has 0 radical (unpaired) electrons. The Hall–Kier alpha value is -1.20. The molecule has 0 atom stereocenters. The number of carbonyl (C=O) groups excluding carboxylic acids is 1. The van der Waals surface area contributed by atoms with Crippen molar-refractivity contribution in [3.63, 3.8) is 0 Å². The van der Waals surface area contributed by atoms with Gasteiger partial charge in [-0.3, -0.25) is 9.59 Å². The van der Waals surface area contributed by atoms with Gasteiger partial charge in [0.25, 0.3) is 5.56 Å². The fraction of sp³-hybridized carbons (Fsp3) is 0.286. The molecule has 0 saturated heterocycles. The minimum atomic E-state index is 0.00627. The normalized spacial score (nSPS) is 10.6. The van der Waals surface area contributed by atoms with E-state index in [9.17, 15) is 9.59 Å². The molecule has 0 saturated carbocycles. The number of pyridine rings is 1. The Kier molecular flexibility index (Phi) is 4.71. The fourth-order valence-corrected chi connectivity index (χ4v) is 3.16. The molecule has 0 aromatic carbocycles. The molecule has 0 aliphatic rings. The first-order chi connectivity index (χ1) is 9.08. The van der Waals surface area contributed by atoms with E-state index in [0.717, 1.165) is 9.35 Å². The third kappa shape index (κ3) is 3.64. The zero-order valence-electron chi connectivity index (χ0n) is 10.6. The molecule has 0 aliphatic carbocycles. The van der Waals surface area contributed by atoms with Crippen molar-refractivity contribution in [1.82, 2.24) is 4.57 Å². The van der Waals surface area contributed by atoms with Crippen LogP contribution < -0.4 is 5.56 Å². The highest BCUT2D eigenvalue weighted by molar-refractivity contribution is 9.10. The lowest BCUT2D eigenvalue weighted by atomic mass is 10.2. The number of nitrogens with zero attached hydrogens (tertiary/aromatic N) is 1. The molecular weight excluding hydrogens is 326 g/mol. The van der Waals surface area contributed by atoms with E-state index in [1.54, 1.807) is 23.8 Å². The lowest BCUT2D eigenvalue weighted by molar-refractivity contribution is 0.0982. The van der Waals surface area contributed by atoms with E-state index in [1.165, 1.54) is 11.3 Å². The van der Waals surface area contributed by atoms with Crippen LogP contribution in [0.1, 0.15) is 28.1 Å². The second-order valence-corrected chi connectivity index (χ2v) is 6.21. The number of Topliss-reactive ketones (excluding diaryl/α,β-unsaturated/α-hetero) is 1. The Morgan fingerprint density at radius 2 is 2.26 bits per heavy atom. The SMILES string of the molecule is Cc1cc(Br)cn(CCCC(=O)c2cccs2)c1=O. The Morgan fingerprint density at radius 3 is 2.95 bits per heavy atom. The van der Waals surface area contributed by atoms with Crippen molar-refractivity contribution in [2.75, 3.05) is 0 Å². The molecule has 100 valence electrons. The topological polar surface area (TPSA) is 39.1 Å². The van der Waals surface area contributed by atoms with Crippen LogP contribution in [0, 0.1) is 6.92 Å². The smallest absolute Gasteiger partial charge is 0.253 e. The van der Waals surface area contributed by atoms with Gasteiger partial charge in [0.2, 0.25) is 0 Å². The van der Waals surface area contributed by atoms with E-state index in [1.807, 2.05) is 17.5 Å². The number of thiophene rings is 1. The molecule has 0 aliphatic heterocycles. The first-order valence-corrected chi connectivity index (χ1v) is 7.68. The predicted molar refractivity (Wildman–Crippen MR) is 81.0 cm³/mol. The van der Waals surface area contributed by atoms with Gasteiger partial charge in [-0.15, -0.1) is 11.3 Å². The molecule has 3 nitrogen and oxygen atoms in total. The number of rotatable bonds is 5. The third-order valence-electron chi connectivity index (χ3n) is 2.83. The average molecular weight is 340 g/mol. The van der Waals surface area contributed by atoms with Crippen molar-refractivity contribution in [2.45, 2.75) is 26.3 Å². The molecule has 2 aromatic heterocycles. The molecule has 0 bridgehead atoms. The minimum Gasteiger partial charge on any atom is -0.314 e. The summed E-state index contributed by atoms with van der Waals surface area (Å²) in [5.41, 5.74) is 0.714. The molecule has 0 amide bonds. The predicted octanol–water partition coefficient (Wildman–Crippen LogP) is 3.64. The summed E-state index contributed by atoms with van der Waals surface area (Å²) in [4.78, 5) is 24.5. The molecule has 0 spiro atoms. The van der Waals surface area contributed by atoms with Gasteiger partial charge in [0.05, 0.1) is 4.88 Å². The van der Waals surface area contributed by atoms with Gasteiger partial charge in [-0.25, -0.2) is 0 Å². The number of hydrogen-bond donors (Lipinski definition) is 0. The molecule has 0 N–H and O–H groups in total. The van der Waals surface area contributed by atoms with E-state index < -0.39 is 0 Å². The van der Waals surface area contributed by atoms with Gasteiger partial charge in [-0.1, -0.05) is 6.07 Å². The highest BCUT2D eigenvalue weighted by Gasteiger charge is 2.07. The van der Waals surface area contributed by atoms with Crippen LogP contribution in [0.4, 0.5) is 0 Å². The number of aryl methyl sites for hydroxylation is 2. The second kappa shape index (κ2) is 6.30. The lowest BCUT2D eigenvalue weighted by Crippen LogP contribution is -2.22. The Balaban J connectivity index is 1.97. The van der Waals surface area contributed by atoms with E-state index in [2.05, 4.69) is 15.9 Å². The molecule has 2 rings (SSSR count). The number of carbonyl (C=O) groups is 1. The van der Waals surface area contributed by atoms with Crippen molar-refractivity contribution >= 4 is 33.0 Å². The van der Waals surface area contributed by atoms with Crippen LogP contribution in [0.3, 0.4) is 0 Å². The van der Waals surface area contributed by atoms with E-state index in [0.29, 0.717) is 24.9 Å². The van der Waals surface area contributed by atoms with Gasteiger partial charge in [0.1, 0.15) is 0 Å². The van der Waals surface area contributed by atoms with E-state index in [4.69, 9.17) is 0 Å². The Morgan fingerprint density at radius 1 is 1.47 bits per heavy atom. The first kappa shape index (κ1) is 14.2. The van der Waals surface area contributed by atoms with Crippen LogP contribution in [0.25, 0.3) is 0 Å². The monoisotopic (exact) mass is 339 g/mol. The highest BCUT2D eigenvalue weighted by atomic mass is 79.9. The number of ketones is 1. The maximum absolute atomic E-state index is 11.9. The van der Waals surface area contributed by atoms with Gasteiger partial charge in [0.15, 0.2) is 5.78 Å². The summed E-state index contributed by atoms with van der Waals surface area (Å²) in [6.07, 6.45) is 2.91. The summed E-state index contributed by atoms with van der Waals surface area (Å²) < 4.78 is 2.54. The summed E-state index contributed by atoms with van der Waals surface area (Å²) in [6, 6.07) is 5.51.